The fourth-order valence-electron chi connectivity index (χ4n) is 1.64. The molecule has 2 aromatic heterocycles. The summed E-state index contributed by atoms with van der Waals surface area (Å²) in [5, 5.41) is 5.10. The average molecular weight is 259 g/mol. The van der Waals surface area contributed by atoms with Gasteiger partial charge in [-0.3, -0.25) is 10.1 Å². The van der Waals surface area contributed by atoms with Crippen LogP contribution in [0.2, 0.25) is 0 Å². The normalized spacial score (nSPS) is 10.7. The number of carbonyl (C=O) groups excluding carboxylic acids is 1. The van der Waals surface area contributed by atoms with E-state index in [0.29, 0.717) is 22.2 Å². The molecule has 1 N–H and O–H groups in total. The molecule has 2 heterocycles. The summed E-state index contributed by atoms with van der Waals surface area (Å²) >= 11 is 1.37. The lowest BCUT2D eigenvalue weighted by Crippen LogP contribution is -2.11. The lowest BCUT2D eigenvalue weighted by molar-refractivity contribution is 0.102. The Morgan fingerprint density at radius 1 is 1.44 bits per heavy atom. The molecular weight excluding hydrogens is 250 g/mol. The van der Waals surface area contributed by atoms with Crippen LogP contribution in [0.5, 0.6) is 0 Å². The molecular formula is C12H9N3O2S. The van der Waals surface area contributed by atoms with E-state index in [2.05, 4.69) is 15.3 Å². The van der Waals surface area contributed by atoms with Gasteiger partial charge < -0.3 is 4.42 Å². The molecule has 0 atom stereocenters. The van der Waals surface area contributed by atoms with Crippen molar-refractivity contribution in [3.63, 3.8) is 0 Å². The highest BCUT2D eigenvalue weighted by Gasteiger charge is 2.10. The zero-order chi connectivity index (χ0) is 12.5. The summed E-state index contributed by atoms with van der Waals surface area (Å²) in [6.07, 6.45) is 1.64. The van der Waals surface area contributed by atoms with Crippen molar-refractivity contribution >= 4 is 33.5 Å². The number of anilines is 1. The van der Waals surface area contributed by atoms with Crippen LogP contribution >= 0.6 is 11.3 Å². The number of fused-ring (bicyclic) bond motifs is 1. The number of oxazole rings is 1. The van der Waals surface area contributed by atoms with E-state index >= 15 is 0 Å². The van der Waals surface area contributed by atoms with E-state index in [9.17, 15) is 4.79 Å². The van der Waals surface area contributed by atoms with Crippen LogP contribution < -0.4 is 5.32 Å². The van der Waals surface area contributed by atoms with Gasteiger partial charge in [-0.05, 0) is 18.2 Å². The first-order valence-corrected chi connectivity index (χ1v) is 6.18. The fourth-order valence-corrected chi connectivity index (χ4v) is 2.16. The highest BCUT2D eigenvalue weighted by molar-refractivity contribution is 7.13. The highest BCUT2D eigenvalue weighted by Crippen LogP contribution is 2.18. The molecule has 0 saturated carbocycles. The van der Waals surface area contributed by atoms with Crippen LogP contribution in [-0.4, -0.2) is 15.9 Å². The monoisotopic (exact) mass is 259 g/mol. The molecule has 3 rings (SSSR count). The van der Waals surface area contributed by atoms with Gasteiger partial charge in [-0.25, -0.2) is 9.97 Å². The van der Waals surface area contributed by atoms with Crippen molar-refractivity contribution in [2.45, 2.75) is 6.92 Å². The molecule has 0 saturated heterocycles. The van der Waals surface area contributed by atoms with Crippen molar-refractivity contribution in [2.75, 3.05) is 5.32 Å². The van der Waals surface area contributed by atoms with E-state index in [-0.39, 0.29) is 5.91 Å². The first-order valence-electron chi connectivity index (χ1n) is 5.30. The molecule has 3 aromatic rings. The summed E-state index contributed by atoms with van der Waals surface area (Å²) in [4.78, 5) is 20.1. The number of carbonyl (C=O) groups is 1. The van der Waals surface area contributed by atoms with Crippen LogP contribution in [0.25, 0.3) is 11.1 Å². The summed E-state index contributed by atoms with van der Waals surface area (Å²) < 4.78 is 5.39. The van der Waals surface area contributed by atoms with Gasteiger partial charge in [0.1, 0.15) is 5.52 Å². The number of hydrogen-bond acceptors (Lipinski definition) is 5. The zero-order valence-electron chi connectivity index (χ0n) is 9.51. The molecule has 6 heteroatoms. The number of rotatable bonds is 2. The molecule has 90 valence electrons. The van der Waals surface area contributed by atoms with E-state index in [1.165, 1.54) is 11.3 Å². The van der Waals surface area contributed by atoms with Crippen LogP contribution in [0.1, 0.15) is 16.2 Å². The second kappa shape index (κ2) is 4.23. The van der Waals surface area contributed by atoms with Gasteiger partial charge in [0.15, 0.2) is 16.6 Å². The lowest BCUT2D eigenvalue weighted by atomic mass is 10.2. The Balaban J connectivity index is 1.91. The molecule has 0 aliphatic heterocycles. The summed E-state index contributed by atoms with van der Waals surface area (Å²) in [5.41, 5.74) is 1.88. The Bertz CT molecular complexity index is 703. The molecule has 0 radical (unpaired) electrons. The molecule has 0 aliphatic rings. The Hall–Kier alpha value is -2.21. The number of nitrogens with one attached hydrogen (secondary N) is 1. The van der Waals surface area contributed by atoms with E-state index in [1.54, 1.807) is 36.7 Å². The Labute approximate surface area is 106 Å². The number of amides is 1. The largest absolute Gasteiger partial charge is 0.441 e. The summed E-state index contributed by atoms with van der Waals surface area (Å²) in [7, 11) is 0. The minimum absolute atomic E-state index is 0.207. The van der Waals surface area contributed by atoms with E-state index in [4.69, 9.17) is 4.42 Å². The van der Waals surface area contributed by atoms with Crippen LogP contribution in [0, 0.1) is 6.92 Å². The topological polar surface area (TPSA) is 68.0 Å². The first-order chi connectivity index (χ1) is 8.72. The van der Waals surface area contributed by atoms with Gasteiger partial charge in [0.2, 0.25) is 0 Å². The quantitative estimate of drug-likeness (QED) is 0.768. The SMILES string of the molecule is Cc1nc2ccc(C(=O)Nc3nccs3)cc2o1. The van der Waals surface area contributed by atoms with Gasteiger partial charge in [-0.2, -0.15) is 0 Å². The maximum absolute atomic E-state index is 12.0. The molecule has 0 aliphatic carbocycles. The van der Waals surface area contributed by atoms with Gasteiger partial charge >= 0.3 is 0 Å². The van der Waals surface area contributed by atoms with Gasteiger partial charge in [-0.1, -0.05) is 0 Å². The van der Waals surface area contributed by atoms with Crippen molar-refractivity contribution in [3.8, 4) is 0 Å². The number of thiazole rings is 1. The third-order valence-electron chi connectivity index (χ3n) is 2.41. The second-order valence-corrected chi connectivity index (χ2v) is 4.60. The molecule has 0 fully saturated rings. The van der Waals surface area contributed by atoms with Crippen LogP contribution in [0.4, 0.5) is 5.13 Å². The third kappa shape index (κ3) is 1.98. The molecule has 5 nitrogen and oxygen atoms in total. The summed E-state index contributed by atoms with van der Waals surface area (Å²) in [6, 6.07) is 5.16. The molecule has 1 amide bonds. The van der Waals surface area contributed by atoms with E-state index in [1.807, 2.05) is 0 Å². The molecule has 0 spiro atoms. The minimum atomic E-state index is -0.207. The van der Waals surface area contributed by atoms with Crippen molar-refractivity contribution < 1.29 is 9.21 Å². The number of nitrogens with zero attached hydrogens (tertiary/aromatic N) is 2. The summed E-state index contributed by atoms with van der Waals surface area (Å²) in [6.45, 7) is 1.77. The van der Waals surface area contributed by atoms with Crippen molar-refractivity contribution in [1.82, 2.24) is 9.97 Å². The predicted octanol–water partition coefficient (Wildman–Crippen LogP) is 2.85. The van der Waals surface area contributed by atoms with Crippen LogP contribution in [0.3, 0.4) is 0 Å². The van der Waals surface area contributed by atoms with Gasteiger partial charge in [0, 0.05) is 24.1 Å². The van der Waals surface area contributed by atoms with Crippen molar-refractivity contribution in [3.05, 3.63) is 41.2 Å². The maximum atomic E-state index is 12.0. The smallest absolute Gasteiger partial charge is 0.257 e. The molecule has 0 bridgehead atoms. The molecule has 1 aromatic carbocycles. The maximum Gasteiger partial charge on any atom is 0.257 e. The van der Waals surface area contributed by atoms with Crippen molar-refractivity contribution in [1.29, 1.82) is 0 Å². The fraction of sp³-hybridized carbons (Fsp3) is 0.0833. The number of hydrogen-bond donors (Lipinski definition) is 1. The molecule has 0 unspecified atom stereocenters. The standard InChI is InChI=1S/C12H9N3O2S/c1-7-14-9-3-2-8(6-10(9)17-7)11(16)15-12-13-4-5-18-12/h2-6H,1H3,(H,13,15,16). The zero-order valence-corrected chi connectivity index (χ0v) is 10.3. The minimum Gasteiger partial charge on any atom is -0.441 e. The van der Waals surface area contributed by atoms with E-state index < -0.39 is 0 Å². The Morgan fingerprint density at radius 2 is 2.33 bits per heavy atom. The lowest BCUT2D eigenvalue weighted by Gasteiger charge is -2.00. The van der Waals surface area contributed by atoms with Gasteiger partial charge in [0.25, 0.3) is 5.91 Å². The predicted molar refractivity (Wildman–Crippen MR) is 68.8 cm³/mol. The number of benzene rings is 1. The van der Waals surface area contributed by atoms with Crippen molar-refractivity contribution in [2.24, 2.45) is 0 Å². The number of aromatic nitrogens is 2. The van der Waals surface area contributed by atoms with Crippen LogP contribution in [0.15, 0.2) is 34.2 Å². The first kappa shape index (κ1) is 10.9. The highest BCUT2D eigenvalue weighted by atomic mass is 32.1. The average Bonchev–Trinajstić information content (AvgIpc) is 2.95. The third-order valence-corrected chi connectivity index (χ3v) is 3.10. The van der Waals surface area contributed by atoms with Gasteiger partial charge in [-0.15, -0.1) is 11.3 Å². The van der Waals surface area contributed by atoms with E-state index in [0.717, 1.165) is 5.52 Å². The second-order valence-electron chi connectivity index (χ2n) is 3.71. The Kier molecular flexibility index (Phi) is 2.56. The molecule has 18 heavy (non-hydrogen) atoms. The van der Waals surface area contributed by atoms with Gasteiger partial charge in [0.05, 0.1) is 0 Å². The Morgan fingerprint density at radius 3 is 3.11 bits per heavy atom. The number of aryl methyl sites for hydroxylation is 1. The van der Waals surface area contributed by atoms with Crippen LogP contribution in [-0.2, 0) is 0 Å². The summed E-state index contributed by atoms with van der Waals surface area (Å²) in [5.74, 6) is 0.378.